The molecule has 0 radical (unpaired) electrons. The average molecular weight is 363 g/mol. The lowest BCUT2D eigenvalue weighted by Gasteiger charge is -2.18. The molecule has 2 fully saturated rings. The number of carboxylic acid groups (broad SMARTS) is 1. The van der Waals surface area contributed by atoms with Crippen LogP contribution in [0, 0.1) is 17.8 Å². The molecule has 5 nitrogen and oxygen atoms in total. The Morgan fingerprint density at radius 1 is 0.963 bits per heavy atom. The van der Waals surface area contributed by atoms with E-state index in [-0.39, 0.29) is 30.4 Å². The number of carbonyl (C=O) groups excluding carboxylic acids is 1. The highest BCUT2D eigenvalue weighted by atomic mass is 16.5. The number of hydrogen-bond donors (Lipinski definition) is 2. The number of benzene rings is 2. The minimum atomic E-state index is -0.751. The zero-order chi connectivity index (χ0) is 18.5. The van der Waals surface area contributed by atoms with E-state index in [0.717, 1.165) is 6.42 Å². The van der Waals surface area contributed by atoms with Crippen molar-refractivity contribution in [3.05, 3.63) is 59.7 Å². The number of rotatable bonds is 4. The molecule has 0 aromatic heterocycles. The second-order valence-electron chi connectivity index (χ2n) is 7.82. The molecule has 0 unspecified atom stereocenters. The summed E-state index contributed by atoms with van der Waals surface area (Å²) in [5.74, 6) is -0.520. The number of nitrogens with one attached hydrogen (secondary N) is 1. The molecule has 3 aliphatic carbocycles. The summed E-state index contributed by atoms with van der Waals surface area (Å²) in [6.07, 6.45) is 0.957. The van der Waals surface area contributed by atoms with Crippen LogP contribution in [0.4, 0.5) is 4.79 Å². The lowest BCUT2D eigenvalue weighted by molar-refractivity contribution is -0.142. The number of alkyl carbamates (subject to hydrolysis) is 1. The van der Waals surface area contributed by atoms with Crippen LogP contribution in [0.5, 0.6) is 0 Å². The number of carbonyl (C=O) groups is 2. The first-order valence-corrected chi connectivity index (χ1v) is 9.48. The summed E-state index contributed by atoms with van der Waals surface area (Å²) in [5, 5.41) is 12.2. The summed E-state index contributed by atoms with van der Waals surface area (Å²) in [4.78, 5) is 23.6. The van der Waals surface area contributed by atoms with E-state index in [9.17, 15) is 14.7 Å². The maximum absolute atomic E-state index is 12.3. The van der Waals surface area contributed by atoms with Gasteiger partial charge in [-0.3, -0.25) is 4.79 Å². The maximum atomic E-state index is 12.3. The van der Waals surface area contributed by atoms with Crippen LogP contribution in [0.1, 0.15) is 29.9 Å². The van der Waals surface area contributed by atoms with Gasteiger partial charge >= 0.3 is 12.1 Å². The number of carboxylic acids is 1. The molecule has 2 saturated carbocycles. The molecule has 5 heteroatoms. The first-order chi connectivity index (χ1) is 13.1. The molecule has 27 heavy (non-hydrogen) atoms. The minimum Gasteiger partial charge on any atom is -0.481 e. The van der Waals surface area contributed by atoms with E-state index in [0.29, 0.717) is 12.3 Å². The van der Waals surface area contributed by atoms with Gasteiger partial charge in [-0.25, -0.2) is 4.79 Å². The van der Waals surface area contributed by atoms with Crippen LogP contribution in [0.25, 0.3) is 11.1 Å². The van der Waals surface area contributed by atoms with Gasteiger partial charge in [0.1, 0.15) is 6.61 Å². The Hall–Kier alpha value is -2.82. The zero-order valence-corrected chi connectivity index (χ0v) is 14.8. The van der Waals surface area contributed by atoms with Crippen molar-refractivity contribution in [3.63, 3.8) is 0 Å². The fourth-order valence-corrected chi connectivity index (χ4v) is 5.03. The fourth-order valence-electron chi connectivity index (χ4n) is 5.03. The normalized spacial score (nSPS) is 27.4. The van der Waals surface area contributed by atoms with Gasteiger partial charge in [0.15, 0.2) is 0 Å². The highest BCUT2D eigenvalue weighted by Crippen LogP contribution is 2.55. The zero-order valence-electron chi connectivity index (χ0n) is 14.8. The van der Waals surface area contributed by atoms with E-state index in [1.165, 1.54) is 22.3 Å². The summed E-state index contributed by atoms with van der Waals surface area (Å²) < 4.78 is 5.57. The third-order valence-corrected chi connectivity index (χ3v) is 6.40. The molecule has 1 amide bonds. The number of ether oxygens (including phenoxy) is 1. The standard InChI is InChI=1S/C22H21NO4/c24-21(25)18-10-20(17-9-16(17)18)23-22(26)27-11-19-14-7-3-1-5-12(14)13-6-2-4-8-15(13)19/h1-8,16-20H,9-11H2,(H,23,26)(H,24,25)/t16-,17+,18-,20+/m1/s1. The van der Waals surface area contributed by atoms with E-state index in [1.807, 2.05) is 24.3 Å². The number of fused-ring (bicyclic) bond motifs is 4. The summed E-state index contributed by atoms with van der Waals surface area (Å²) in [5.41, 5.74) is 4.76. The molecule has 2 aromatic rings. The van der Waals surface area contributed by atoms with Gasteiger partial charge in [-0.15, -0.1) is 0 Å². The second kappa shape index (κ2) is 6.12. The third kappa shape index (κ3) is 2.69. The quantitative estimate of drug-likeness (QED) is 0.870. The monoisotopic (exact) mass is 363 g/mol. The van der Waals surface area contributed by atoms with Crippen LogP contribution < -0.4 is 5.32 Å². The molecule has 0 heterocycles. The van der Waals surface area contributed by atoms with Gasteiger partial charge in [0.2, 0.25) is 0 Å². The van der Waals surface area contributed by atoms with Crippen molar-refractivity contribution in [2.75, 3.05) is 6.61 Å². The maximum Gasteiger partial charge on any atom is 0.407 e. The van der Waals surface area contributed by atoms with Gasteiger partial charge in [-0.2, -0.15) is 0 Å². The van der Waals surface area contributed by atoms with Crippen LogP contribution in [0.3, 0.4) is 0 Å². The highest BCUT2D eigenvalue weighted by Gasteiger charge is 2.57. The molecular weight excluding hydrogens is 342 g/mol. The predicted molar refractivity (Wildman–Crippen MR) is 99.3 cm³/mol. The summed E-state index contributed by atoms with van der Waals surface area (Å²) in [6.45, 7) is 0.281. The number of amides is 1. The van der Waals surface area contributed by atoms with Gasteiger partial charge < -0.3 is 15.2 Å². The Morgan fingerprint density at radius 2 is 1.59 bits per heavy atom. The third-order valence-electron chi connectivity index (χ3n) is 6.40. The highest BCUT2D eigenvalue weighted by molar-refractivity contribution is 5.79. The van der Waals surface area contributed by atoms with E-state index >= 15 is 0 Å². The SMILES string of the molecule is O=C(N[C@H]1C[C@@H](C(=O)O)[C@@H]2C[C@@H]21)OCC1c2ccccc2-c2ccccc21. The van der Waals surface area contributed by atoms with E-state index in [4.69, 9.17) is 4.74 Å². The van der Waals surface area contributed by atoms with Gasteiger partial charge in [0.05, 0.1) is 5.92 Å². The van der Waals surface area contributed by atoms with Crippen molar-refractivity contribution in [1.29, 1.82) is 0 Å². The topological polar surface area (TPSA) is 75.6 Å². The lowest BCUT2D eigenvalue weighted by Crippen LogP contribution is -2.37. The Balaban J connectivity index is 1.26. The average Bonchev–Trinajstić information content (AvgIpc) is 3.29. The smallest absolute Gasteiger partial charge is 0.407 e. The van der Waals surface area contributed by atoms with Crippen molar-refractivity contribution in [3.8, 4) is 11.1 Å². The van der Waals surface area contributed by atoms with Crippen LogP contribution in [-0.4, -0.2) is 29.8 Å². The Morgan fingerprint density at radius 3 is 2.19 bits per heavy atom. The molecule has 0 saturated heterocycles. The molecule has 0 spiro atoms. The number of hydrogen-bond acceptors (Lipinski definition) is 3. The molecule has 2 aromatic carbocycles. The molecule has 3 aliphatic rings. The molecule has 5 rings (SSSR count). The minimum absolute atomic E-state index is 0.0344. The van der Waals surface area contributed by atoms with Crippen molar-refractivity contribution in [2.24, 2.45) is 17.8 Å². The van der Waals surface area contributed by atoms with Crippen molar-refractivity contribution in [2.45, 2.75) is 24.8 Å². The summed E-state index contributed by atoms with van der Waals surface area (Å²) in [7, 11) is 0. The Bertz CT molecular complexity index is 879. The lowest BCUT2D eigenvalue weighted by atomic mass is 9.98. The molecule has 0 aliphatic heterocycles. The van der Waals surface area contributed by atoms with Gasteiger partial charge in [-0.1, -0.05) is 48.5 Å². The van der Waals surface area contributed by atoms with Gasteiger partial charge in [0, 0.05) is 12.0 Å². The van der Waals surface area contributed by atoms with E-state index < -0.39 is 12.1 Å². The molecule has 0 bridgehead atoms. The number of aliphatic carboxylic acids is 1. The summed E-state index contributed by atoms with van der Waals surface area (Å²) >= 11 is 0. The van der Waals surface area contributed by atoms with E-state index in [1.54, 1.807) is 0 Å². The summed E-state index contributed by atoms with van der Waals surface area (Å²) in [6, 6.07) is 16.4. The van der Waals surface area contributed by atoms with Gasteiger partial charge in [-0.05, 0) is 46.9 Å². The Kier molecular flexibility index (Phi) is 3.71. The van der Waals surface area contributed by atoms with Crippen LogP contribution in [0.15, 0.2) is 48.5 Å². The van der Waals surface area contributed by atoms with Crippen molar-refractivity contribution < 1.29 is 19.4 Å². The molecular formula is C22H21NO4. The van der Waals surface area contributed by atoms with Crippen LogP contribution in [-0.2, 0) is 9.53 Å². The van der Waals surface area contributed by atoms with Crippen LogP contribution in [0.2, 0.25) is 0 Å². The van der Waals surface area contributed by atoms with Crippen molar-refractivity contribution >= 4 is 12.1 Å². The molecule has 4 atom stereocenters. The first-order valence-electron chi connectivity index (χ1n) is 9.48. The molecule has 2 N–H and O–H groups in total. The van der Waals surface area contributed by atoms with Crippen LogP contribution >= 0.6 is 0 Å². The largest absolute Gasteiger partial charge is 0.481 e. The predicted octanol–water partition coefficient (Wildman–Crippen LogP) is 3.63. The van der Waals surface area contributed by atoms with Gasteiger partial charge in [0.25, 0.3) is 0 Å². The van der Waals surface area contributed by atoms with Crippen molar-refractivity contribution in [1.82, 2.24) is 5.32 Å². The second-order valence-corrected chi connectivity index (χ2v) is 7.82. The van der Waals surface area contributed by atoms with E-state index in [2.05, 4.69) is 29.6 Å². The Labute approximate surface area is 157 Å². The fraction of sp³-hybridized carbons (Fsp3) is 0.364. The molecule has 138 valence electrons. The first kappa shape index (κ1) is 16.4.